The SMILES string of the molecule is O=C(COC[C@H]1O[C@@H](O)[C@H](O)[C@@H](O)[C@@]1(O)CC(=O)c1cc(O)c(O)c(O)c1)c1cc(O)c(O)c(O)c1. The normalized spacial score (nSPS) is 26.0. The van der Waals surface area contributed by atoms with Crippen molar-refractivity contribution >= 4 is 11.6 Å². The lowest BCUT2D eigenvalue weighted by molar-refractivity contribution is -0.321. The molecule has 0 unspecified atom stereocenters. The predicted molar refractivity (Wildman–Crippen MR) is 115 cm³/mol. The summed E-state index contributed by atoms with van der Waals surface area (Å²) < 4.78 is 10.3. The highest BCUT2D eigenvalue weighted by Crippen LogP contribution is 2.38. The fourth-order valence-corrected chi connectivity index (χ4v) is 3.64. The van der Waals surface area contributed by atoms with Crippen LogP contribution in [0, 0.1) is 0 Å². The first-order valence-electron chi connectivity index (χ1n) is 10.3. The molecule has 36 heavy (non-hydrogen) atoms. The Bertz CT molecular complexity index is 1120. The Morgan fingerprint density at radius 3 is 1.72 bits per heavy atom. The van der Waals surface area contributed by atoms with Crippen molar-refractivity contribution in [1.82, 2.24) is 0 Å². The standard InChI is InChI=1S/C22H24O14/c23-10-1-8(2-11(24)17(10)29)14(27)5-22(34)16(36-21(33)19(31)20(22)32)7-35-6-15(28)9-3-12(25)18(30)13(26)4-9/h1-4,16,19-21,23-26,29-34H,5-7H2/t16-,19-,20-,21-,22-/m1/s1. The van der Waals surface area contributed by atoms with E-state index in [4.69, 9.17) is 9.47 Å². The van der Waals surface area contributed by atoms with Gasteiger partial charge in [0.25, 0.3) is 0 Å². The first-order valence-corrected chi connectivity index (χ1v) is 10.3. The maximum absolute atomic E-state index is 12.7. The van der Waals surface area contributed by atoms with Gasteiger partial charge in [-0.1, -0.05) is 0 Å². The Labute approximate surface area is 202 Å². The van der Waals surface area contributed by atoms with E-state index in [9.17, 15) is 60.7 Å². The van der Waals surface area contributed by atoms with Crippen LogP contribution in [0.4, 0.5) is 0 Å². The average Bonchev–Trinajstić information content (AvgIpc) is 2.82. The Morgan fingerprint density at radius 1 is 0.806 bits per heavy atom. The second-order valence-corrected chi connectivity index (χ2v) is 8.21. The van der Waals surface area contributed by atoms with Crippen LogP contribution in [0.3, 0.4) is 0 Å². The second-order valence-electron chi connectivity index (χ2n) is 8.21. The zero-order chi connectivity index (χ0) is 26.9. The highest BCUT2D eigenvalue weighted by atomic mass is 16.6. The monoisotopic (exact) mass is 512 g/mol. The number of ether oxygens (including phenoxy) is 2. The van der Waals surface area contributed by atoms with Crippen molar-refractivity contribution in [3.63, 3.8) is 0 Å². The molecule has 14 heteroatoms. The van der Waals surface area contributed by atoms with Gasteiger partial charge in [-0.05, 0) is 24.3 Å². The summed E-state index contributed by atoms with van der Waals surface area (Å²) in [5.74, 6) is -6.73. The summed E-state index contributed by atoms with van der Waals surface area (Å²) in [5.41, 5.74) is -3.23. The van der Waals surface area contributed by atoms with Crippen LogP contribution in [0.5, 0.6) is 34.5 Å². The smallest absolute Gasteiger partial charge is 0.200 e. The topological polar surface area (TPSA) is 255 Å². The molecule has 14 nitrogen and oxygen atoms in total. The van der Waals surface area contributed by atoms with Gasteiger partial charge in [-0.3, -0.25) is 9.59 Å². The molecule has 3 rings (SSSR count). The summed E-state index contributed by atoms with van der Waals surface area (Å²) in [6.45, 7) is -1.44. The van der Waals surface area contributed by atoms with E-state index in [0.29, 0.717) is 0 Å². The number of Topliss-reactive ketones (excluding diaryl/α,β-unsaturated/α-hetero) is 2. The number of aliphatic hydroxyl groups excluding tert-OH is 3. The molecular formula is C22H24O14. The molecule has 0 saturated carbocycles. The lowest BCUT2D eigenvalue weighted by Gasteiger charge is -2.46. The zero-order valence-electron chi connectivity index (χ0n) is 18.3. The summed E-state index contributed by atoms with van der Waals surface area (Å²) in [5, 5.41) is 98.4. The quantitative estimate of drug-likeness (QED) is 0.144. The first kappa shape index (κ1) is 26.9. The summed E-state index contributed by atoms with van der Waals surface area (Å²) in [7, 11) is 0. The minimum absolute atomic E-state index is 0.250. The van der Waals surface area contributed by atoms with Crippen LogP contribution in [0.25, 0.3) is 0 Å². The number of phenolic OH excluding ortho intramolecular Hbond substituents is 6. The molecule has 1 aliphatic rings. The molecule has 0 aromatic heterocycles. The Kier molecular flexibility index (Phi) is 7.59. The molecule has 0 aliphatic carbocycles. The van der Waals surface area contributed by atoms with E-state index in [1.165, 1.54) is 0 Å². The van der Waals surface area contributed by atoms with Crippen molar-refractivity contribution in [2.75, 3.05) is 13.2 Å². The van der Waals surface area contributed by atoms with Crippen molar-refractivity contribution in [2.24, 2.45) is 0 Å². The van der Waals surface area contributed by atoms with Gasteiger partial charge in [0.15, 0.2) is 52.4 Å². The van der Waals surface area contributed by atoms with Crippen LogP contribution in [0.1, 0.15) is 27.1 Å². The number of aliphatic hydroxyl groups is 4. The molecule has 0 radical (unpaired) electrons. The minimum atomic E-state index is -2.60. The van der Waals surface area contributed by atoms with Gasteiger partial charge in [0.1, 0.15) is 30.5 Å². The molecule has 5 atom stereocenters. The molecule has 1 saturated heterocycles. The van der Waals surface area contributed by atoms with E-state index < -0.39 is 95.9 Å². The molecule has 1 heterocycles. The van der Waals surface area contributed by atoms with E-state index in [1.54, 1.807) is 0 Å². The van der Waals surface area contributed by atoms with E-state index in [2.05, 4.69) is 0 Å². The number of phenols is 6. The van der Waals surface area contributed by atoms with Gasteiger partial charge < -0.3 is 60.5 Å². The van der Waals surface area contributed by atoms with Gasteiger partial charge in [-0.15, -0.1) is 0 Å². The van der Waals surface area contributed by atoms with Crippen molar-refractivity contribution in [1.29, 1.82) is 0 Å². The molecule has 0 spiro atoms. The number of hydrogen-bond acceptors (Lipinski definition) is 14. The highest BCUT2D eigenvalue weighted by molar-refractivity contribution is 5.98. The first-order chi connectivity index (χ1) is 16.8. The average molecular weight is 512 g/mol. The molecule has 1 aliphatic heterocycles. The fraction of sp³-hybridized carbons (Fsp3) is 0.364. The van der Waals surface area contributed by atoms with Crippen LogP contribution in [-0.4, -0.2) is 106 Å². The Morgan fingerprint density at radius 2 is 1.25 bits per heavy atom. The lowest BCUT2D eigenvalue weighted by Crippen LogP contribution is -2.67. The van der Waals surface area contributed by atoms with Crippen molar-refractivity contribution in [3.05, 3.63) is 35.4 Å². The Balaban J connectivity index is 1.77. The number of rotatable bonds is 8. The van der Waals surface area contributed by atoms with Crippen LogP contribution < -0.4 is 0 Å². The van der Waals surface area contributed by atoms with Crippen molar-refractivity contribution in [2.45, 2.75) is 36.6 Å². The van der Waals surface area contributed by atoms with Gasteiger partial charge in [-0.25, -0.2) is 0 Å². The molecule has 2 aromatic carbocycles. The minimum Gasteiger partial charge on any atom is -0.504 e. The van der Waals surface area contributed by atoms with Crippen molar-refractivity contribution in [3.8, 4) is 34.5 Å². The van der Waals surface area contributed by atoms with Crippen LogP contribution in [-0.2, 0) is 9.47 Å². The van der Waals surface area contributed by atoms with E-state index >= 15 is 0 Å². The van der Waals surface area contributed by atoms with Crippen molar-refractivity contribution < 1.29 is 70.1 Å². The zero-order valence-corrected chi connectivity index (χ0v) is 18.3. The number of carbonyl (C=O) groups excluding carboxylic acids is 2. The fourth-order valence-electron chi connectivity index (χ4n) is 3.64. The number of ketones is 2. The molecular weight excluding hydrogens is 488 g/mol. The third kappa shape index (κ3) is 5.13. The van der Waals surface area contributed by atoms with Crippen LogP contribution in [0.15, 0.2) is 24.3 Å². The molecule has 0 bridgehead atoms. The number of benzene rings is 2. The summed E-state index contributed by atoms with van der Waals surface area (Å²) in [4.78, 5) is 25.0. The van der Waals surface area contributed by atoms with Gasteiger partial charge in [0.05, 0.1) is 6.61 Å². The van der Waals surface area contributed by atoms with Gasteiger partial charge in [0, 0.05) is 17.5 Å². The molecule has 1 fully saturated rings. The second kappa shape index (κ2) is 10.1. The molecule has 2 aromatic rings. The molecule has 10 N–H and O–H groups in total. The number of aromatic hydroxyl groups is 6. The highest BCUT2D eigenvalue weighted by Gasteiger charge is 2.55. The predicted octanol–water partition coefficient (Wildman–Crippen LogP) is -1.44. The summed E-state index contributed by atoms with van der Waals surface area (Å²) in [6.07, 6.45) is -8.88. The van der Waals surface area contributed by atoms with Crippen LogP contribution >= 0.6 is 0 Å². The van der Waals surface area contributed by atoms with Gasteiger partial charge in [-0.2, -0.15) is 0 Å². The lowest BCUT2D eigenvalue weighted by atomic mass is 9.79. The molecule has 196 valence electrons. The van der Waals surface area contributed by atoms with E-state index in [-0.39, 0.29) is 11.1 Å². The summed E-state index contributed by atoms with van der Waals surface area (Å²) >= 11 is 0. The summed E-state index contributed by atoms with van der Waals surface area (Å²) in [6, 6.07) is 3.29. The molecule has 0 amide bonds. The third-order valence-corrected chi connectivity index (χ3v) is 5.72. The third-order valence-electron chi connectivity index (χ3n) is 5.72. The van der Waals surface area contributed by atoms with E-state index in [0.717, 1.165) is 24.3 Å². The largest absolute Gasteiger partial charge is 0.504 e. The maximum atomic E-state index is 12.7. The Hall–Kier alpha value is -3.66. The van der Waals surface area contributed by atoms with Gasteiger partial charge >= 0.3 is 0 Å². The van der Waals surface area contributed by atoms with Gasteiger partial charge in [0.2, 0.25) is 0 Å². The number of hydrogen-bond donors (Lipinski definition) is 10. The maximum Gasteiger partial charge on any atom is 0.200 e. The van der Waals surface area contributed by atoms with E-state index in [1.807, 2.05) is 0 Å². The number of carbonyl (C=O) groups is 2. The van der Waals surface area contributed by atoms with Crippen LogP contribution in [0.2, 0.25) is 0 Å².